The molecule has 0 saturated heterocycles. The van der Waals surface area contributed by atoms with E-state index >= 15 is 0 Å². The van der Waals surface area contributed by atoms with Crippen LogP contribution in [0.4, 0.5) is 0 Å². The summed E-state index contributed by atoms with van der Waals surface area (Å²) in [6.07, 6.45) is 2.56. The molecule has 0 spiro atoms. The molecule has 2 aliphatic rings. The van der Waals surface area contributed by atoms with Crippen LogP contribution in [0, 0.1) is 0 Å². The zero-order valence-corrected chi connectivity index (χ0v) is 35.7. The molecule has 270 valence electrons. The Balaban J connectivity index is 1.38. The molecule has 7 aromatic carbocycles. The predicted molar refractivity (Wildman–Crippen MR) is 233 cm³/mol. The van der Waals surface area contributed by atoms with Gasteiger partial charge in [0.2, 0.25) is 0 Å². The van der Waals surface area contributed by atoms with E-state index < -0.39 is 21.3 Å². The van der Waals surface area contributed by atoms with Crippen molar-refractivity contribution in [1.82, 2.24) is 0 Å². The van der Waals surface area contributed by atoms with Crippen molar-refractivity contribution >= 4 is 20.1 Å². The molecular formula is C54H50Zr. The summed E-state index contributed by atoms with van der Waals surface area (Å²) < 4.78 is 2.29. The molecule has 1 unspecified atom stereocenters. The van der Waals surface area contributed by atoms with Crippen molar-refractivity contribution in [3.63, 3.8) is 0 Å². The summed E-state index contributed by atoms with van der Waals surface area (Å²) in [5.41, 5.74) is 18.7. The van der Waals surface area contributed by atoms with Crippen LogP contribution < -0.4 is 0 Å². The quantitative estimate of drug-likeness (QED) is 0.163. The summed E-state index contributed by atoms with van der Waals surface area (Å²) in [7, 11) is 0. The van der Waals surface area contributed by atoms with Crippen LogP contribution in [-0.4, -0.2) is 3.21 Å². The summed E-state index contributed by atoms with van der Waals surface area (Å²) in [4.78, 5) is 0. The normalized spacial score (nSPS) is 15.0. The van der Waals surface area contributed by atoms with Gasteiger partial charge in [0, 0.05) is 0 Å². The van der Waals surface area contributed by atoms with Crippen LogP contribution >= 0.6 is 0 Å². The third-order valence-electron chi connectivity index (χ3n) is 12.1. The summed E-state index contributed by atoms with van der Waals surface area (Å²) in [5.74, 6) is 0. The van der Waals surface area contributed by atoms with Crippen molar-refractivity contribution in [2.24, 2.45) is 0 Å². The van der Waals surface area contributed by atoms with E-state index in [4.69, 9.17) is 0 Å². The molecule has 0 heterocycles. The maximum atomic E-state index is 2.62. The van der Waals surface area contributed by atoms with Crippen molar-refractivity contribution < 1.29 is 21.3 Å². The van der Waals surface area contributed by atoms with Crippen molar-refractivity contribution in [3.05, 3.63) is 208 Å². The monoisotopic (exact) mass is 788 g/mol. The average molecular weight is 790 g/mol. The Hall–Kier alpha value is -4.71. The summed E-state index contributed by atoms with van der Waals surface area (Å²) in [6.45, 7) is 16.6. The minimum atomic E-state index is -3.06. The zero-order chi connectivity index (χ0) is 38.1. The number of fused-ring (bicyclic) bond motifs is 5. The first kappa shape index (κ1) is 36.0. The topological polar surface area (TPSA) is 0 Å². The van der Waals surface area contributed by atoms with Crippen molar-refractivity contribution in [3.8, 4) is 22.3 Å². The molecule has 0 bridgehead atoms. The van der Waals surface area contributed by atoms with Crippen molar-refractivity contribution in [2.45, 2.75) is 66.5 Å². The Labute approximate surface area is 335 Å². The molecule has 9 rings (SSSR count). The van der Waals surface area contributed by atoms with Crippen molar-refractivity contribution in [2.75, 3.05) is 0 Å². The Kier molecular flexibility index (Phi) is 9.02. The third kappa shape index (κ3) is 6.40. The standard InChI is InChI=1S/C21H25.C20H15.C13H10.Zr/c1-20(2,3)16-7-9-18-14(12-16)11-15-13-17(21(4,5)6)8-10-19(15)18;1-14-11-17-7-4-8-19(20(17)12-14)18-10-9-15-5-2-3-6-16(15)13-18;1-3-7-12(8-4-1)11-13-9-5-2-6-10-13;/h7-13H,1-6H3;2-13H,1H3;1-10H;. The molecule has 55 heavy (non-hydrogen) atoms. The molecule has 0 aromatic heterocycles. The van der Waals surface area contributed by atoms with Gasteiger partial charge in [0.15, 0.2) is 0 Å². The van der Waals surface area contributed by atoms with E-state index in [-0.39, 0.29) is 10.8 Å². The Morgan fingerprint density at radius 2 is 1.00 bits per heavy atom. The molecular weight excluding hydrogens is 740 g/mol. The minimum absolute atomic E-state index is 0.0460. The second-order valence-electron chi connectivity index (χ2n) is 17.8. The number of benzene rings is 7. The van der Waals surface area contributed by atoms with Gasteiger partial charge in [0.05, 0.1) is 0 Å². The SMILES string of the molecule is CC1=Cc2c(-c3ccc4ccccc4c3)cccc2[CH]1[Zr](=[C](c1ccccc1)c1ccccc1)[CH]1c2cc(C(C)(C)C)ccc2-c2ccc(C(C)(C)C)cc21. The zero-order valence-electron chi connectivity index (χ0n) is 33.2. The Morgan fingerprint density at radius 1 is 0.455 bits per heavy atom. The van der Waals surface area contributed by atoms with Crippen LogP contribution in [0.25, 0.3) is 39.1 Å². The molecule has 0 nitrogen and oxygen atoms in total. The number of hydrogen-bond acceptors (Lipinski definition) is 0. The molecule has 7 aromatic rings. The van der Waals surface area contributed by atoms with E-state index in [1.165, 1.54) is 72.0 Å². The van der Waals surface area contributed by atoms with Gasteiger partial charge in [-0.15, -0.1) is 0 Å². The van der Waals surface area contributed by atoms with E-state index in [1.54, 1.807) is 14.3 Å². The second kappa shape index (κ2) is 13.8. The maximum absolute atomic E-state index is 3.06. The van der Waals surface area contributed by atoms with E-state index in [9.17, 15) is 0 Å². The van der Waals surface area contributed by atoms with Gasteiger partial charge in [-0.05, 0) is 0 Å². The van der Waals surface area contributed by atoms with Gasteiger partial charge in [-0.2, -0.15) is 0 Å². The molecule has 0 aliphatic heterocycles. The molecule has 1 atom stereocenters. The first-order valence-corrected chi connectivity index (χ1v) is 24.0. The van der Waals surface area contributed by atoms with Crippen LogP contribution in [0.5, 0.6) is 0 Å². The van der Waals surface area contributed by atoms with Gasteiger partial charge in [0.25, 0.3) is 0 Å². The van der Waals surface area contributed by atoms with Crippen LogP contribution in [0.3, 0.4) is 0 Å². The third-order valence-corrected chi connectivity index (χ3v) is 21.4. The van der Waals surface area contributed by atoms with Crippen LogP contribution in [-0.2, 0) is 32.1 Å². The first-order chi connectivity index (χ1) is 26.5. The molecule has 0 fully saturated rings. The van der Waals surface area contributed by atoms with Gasteiger partial charge >= 0.3 is 338 Å². The predicted octanol–water partition coefficient (Wildman–Crippen LogP) is 14.2. The molecule has 1 heteroatoms. The summed E-state index contributed by atoms with van der Waals surface area (Å²) in [5, 5.41) is 2.57. The molecule has 0 saturated carbocycles. The number of allylic oxidation sites excluding steroid dienone is 1. The van der Waals surface area contributed by atoms with Crippen LogP contribution in [0.15, 0.2) is 163 Å². The van der Waals surface area contributed by atoms with Gasteiger partial charge in [-0.25, -0.2) is 0 Å². The molecule has 2 aliphatic carbocycles. The van der Waals surface area contributed by atoms with E-state index in [0.717, 1.165) is 0 Å². The summed E-state index contributed by atoms with van der Waals surface area (Å²) in [6, 6.07) is 60.7. The van der Waals surface area contributed by atoms with Crippen LogP contribution in [0.2, 0.25) is 0 Å². The number of hydrogen-bond donors (Lipinski definition) is 0. The summed E-state index contributed by atoms with van der Waals surface area (Å²) >= 11 is -3.06. The molecule has 0 amide bonds. The molecule has 0 N–H and O–H groups in total. The fraction of sp³-hybridized carbons (Fsp3) is 0.204. The van der Waals surface area contributed by atoms with E-state index in [2.05, 4.69) is 212 Å². The van der Waals surface area contributed by atoms with Gasteiger partial charge in [-0.1, -0.05) is 0 Å². The fourth-order valence-corrected chi connectivity index (χ4v) is 19.6. The number of rotatable bonds is 5. The van der Waals surface area contributed by atoms with Crippen LogP contribution in [0.1, 0.15) is 100 Å². The van der Waals surface area contributed by atoms with Gasteiger partial charge in [0.1, 0.15) is 0 Å². The van der Waals surface area contributed by atoms with E-state index in [1.807, 2.05) is 0 Å². The van der Waals surface area contributed by atoms with Gasteiger partial charge < -0.3 is 0 Å². The average Bonchev–Trinajstić information content (AvgIpc) is 3.69. The first-order valence-electron chi connectivity index (χ1n) is 19.9. The fourth-order valence-electron chi connectivity index (χ4n) is 9.27. The second-order valence-corrected chi connectivity index (χ2v) is 24.1. The van der Waals surface area contributed by atoms with Crippen molar-refractivity contribution in [1.29, 1.82) is 0 Å². The van der Waals surface area contributed by atoms with E-state index in [0.29, 0.717) is 7.25 Å². The Bertz CT molecular complexity index is 2550. The Morgan fingerprint density at radius 3 is 1.56 bits per heavy atom. The van der Waals surface area contributed by atoms with Gasteiger partial charge in [-0.3, -0.25) is 0 Å². The molecule has 0 radical (unpaired) electrons.